The lowest BCUT2D eigenvalue weighted by atomic mass is 9.81. The van der Waals surface area contributed by atoms with Crippen LogP contribution in [0.3, 0.4) is 0 Å². The Kier molecular flexibility index (Phi) is 7.95. The van der Waals surface area contributed by atoms with Crippen molar-refractivity contribution in [1.82, 2.24) is 5.01 Å². The molecule has 0 radical (unpaired) electrons. The molecule has 1 heterocycles. The molecule has 1 atom stereocenters. The normalized spacial score (nSPS) is 17.9. The van der Waals surface area contributed by atoms with Crippen LogP contribution < -0.4 is 4.90 Å². The number of anilines is 1. The van der Waals surface area contributed by atoms with Crippen molar-refractivity contribution in [2.75, 3.05) is 44.9 Å². The van der Waals surface area contributed by atoms with Gasteiger partial charge in [0.25, 0.3) is 5.91 Å². The Bertz CT molecular complexity index is 1030. The van der Waals surface area contributed by atoms with Gasteiger partial charge in [-0.15, -0.1) is 0 Å². The van der Waals surface area contributed by atoms with Gasteiger partial charge >= 0.3 is 5.97 Å². The molecule has 7 nitrogen and oxygen atoms in total. The number of amides is 1. The van der Waals surface area contributed by atoms with E-state index in [4.69, 9.17) is 9.47 Å². The van der Waals surface area contributed by atoms with Crippen LogP contribution in [0.15, 0.2) is 47.6 Å². The minimum Gasteiger partial charge on any atom is -0.466 e. The van der Waals surface area contributed by atoms with Gasteiger partial charge in [0.15, 0.2) is 0 Å². The fraction of sp³-hybridized carbons (Fsp3) is 0.444. The third-order valence-electron chi connectivity index (χ3n) is 6.49. The summed E-state index contributed by atoms with van der Waals surface area (Å²) in [6.07, 6.45) is 4.98. The maximum atomic E-state index is 13.2. The van der Waals surface area contributed by atoms with Gasteiger partial charge in [-0.3, -0.25) is 14.6 Å². The number of fused-ring (bicyclic) bond motifs is 1. The molecule has 1 saturated heterocycles. The summed E-state index contributed by atoms with van der Waals surface area (Å²) in [6.45, 7) is 5.26. The lowest BCUT2D eigenvalue weighted by Gasteiger charge is -2.25. The number of hydrazone groups is 1. The van der Waals surface area contributed by atoms with Crippen LogP contribution in [0.5, 0.6) is 0 Å². The molecule has 1 unspecified atom stereocenters. The number of ether oxygens (including phenoxy) is 2. The Morgan fingerprint density at radius 2 is 1.91 bits per heavy atom. The van der Waals surface area contributed by atoms with Crippen molar-refractivity contribution in [1.29, 1.82) is 0 Å². The fourth-order valence-corrected chi connectivity index (χ4v) is 4.51. The van der Waals surface area contributed by atoms with Crippen LogP contribution in [-0.4, -0.2) is 63.1 Å². The summed E-state index contributed by atoms with van der Waals surface area (Å²) in [5.74, 6) is 0.0766. The molecule has 0 saturated carbocycles. The van der Waals surface area contributed by atoms with Crippen LogP contribution in [0.2, 0.25) is 0 Å². The summed E-state index contributed by atoms with van der Waals surface area (Å²) >= 11 is 0. The molecule has 1 aliphatic carbocycles. The van der Waals surface area contributed by atoms with Crippen LogP contribution in [0.1, 0.15) is 46.8 Å². The van der Waals surface area contributed by atoms with E-state index in [2.05, 4.69) is 11.2 Å². The molecule has 2 aromatic carbocycles. The van der Waals surface area contributed by atoms with E-state index in [1.165, 1.54) is 5.56 Å². The average molecular weight is 464 g/mol. The molecule has 0 bridgehead atoms. The van der Waals surface area contributed by atoms with Crippen molar-refractivity contribution in [2.45, 2.75) is 32.6 Å². The maximum absolute atomic E-state index is 13.2. The van der Waals surface area contributed by atoms with Gasteiger partial charge in [-0.2, -0.15) is 5.10 Å². The second kappa shape index (κ2) is 11.3. The first-order valence-corrected chi connectivity index (χ1v) is 12.1. The van der Waals surface area contributed by atoms with Gasteiger partial charge in [0.1, 0.15) is 0 Å². The summed E-state index contributed by atoms with van der Waals surface area (Å²) in [5, 5.41) is 6.51. The number of carbonyl (C=O) groups excluding carboxylic acids is 2. The third kappa shape index (κ3) is 6.03. The molecule has 4 rings (SSSR count). The monoisotopic (exact) mass is 463 g/mol. The number of hydrogen-bond donors (Lipinski definition) is 0. The van der Waals surface area contributed by atoms with Crippen LogP contribution in [0, 0.1) is 5.92 Å². The highest BCUT2D eigenvalue weighted by molar-refractivity contribution is 6.06. The molecule has 0 spiro atoms. The van der Waals surface area contributed by atoms with Gasteiger partial charge in [-0.25, -0.2) is 0 Å². The largest absolute Gasteiger partial charge is 0.466 e. The third-order valence-corrected chi connectivity index (χ3v) is 6.49. The van der Waals surface area contributed by atoms with Crippen molar-refractivity contribution < 1.29 is 19.1 Å². The molecule has 2 aliphatic rings. The molecular formula is C27H33N3O4. The number of morpholine rings is 1. The standard InChI is InChI=1S/C27H33N3O4/c1-3-34-26(31)17-21-4-7-22-8-9-23(18-24(22)16-21)27(32)29(2)25-10-5-20(6-11-25)19-28-30-12-14-33-15-13-30/h5-6,8-11,18-19,21H,3-4,7,12-17H2,1-2H3. The van der Waals surface area contributed by atoms with Crippen molar-refractivity contribution in [3.05, 3.63) is 64.7 Å². The highest BCUT2D eigenvalue weighted by Crippen LogP contribution is 2.29. The van der Waals surface area contributed by atoms with E-state index in [0.29, 0.717) is 31.8 Å². The van der Waals surface area contributed by atoms with Crippen molar-refractivity contribution >= 4 is 23.8 Å². The van der Waals surface area contributed by atoms with E-state index < -0.39 is 0 Å². The molecule has 1 aliphatic heterocycles. The zero-order valence-corrected chi connectivity index (χ0v) is 20.0. The van der Waals surface area contributed by atoms with E-state index >= 15 is 0 Å². The Morgan fingerprint density at radius 3 is 2.65 bits per heavy atom. The number of hydrogen-bond acceptors (Lipinski definition) is 6. The first kappa shape index (κ1) is 24.0. The molecule has 1 fully saturated rings. The van der Waals surface area contributed by atoms with Crippen LogP contribution in [0.25, 0.3) is 0 Å². The summed E-state index contributed by atoms with van der Waals surface area (Å²) in [5.41, 5.74) is 4.90. The van der Waals surface area contributed by atoms with Crippen molar-refractivity contribution in [3.63, 3.8) is 0 Å². The zero-order chi connectivity index (χ0) is 23.9. The number of aryl methyl sites for hydroxylation is 1. The molecule has 34 heavy (non-hydrogen) atoms. The van der Waals surface area contributed by atoms with Gasteiger partial charge in [0, 0.05) is 24.7 Å². The van der Waals surface area contributed by atoms with Crippen molar-refractivity contribution in [2.24, 2.45) is 11.0 Å². The Morgan fingerprint density at radius 1 is 1.15 bits per heavy atom. The van der Waals surface area contributed by atoms with Crippen LogP contribution >= 0.6 is 0 Å². The Hall–Kier alpha value is -3.19. The smallest absolute Gasteiger partial charge is 0.306 e. The predicted octanol–water partition coefficient (Wildman–Crippen LogP) is 3.69. The molecule has 7 heteroatoms. The molecule has 0 N–H and O–H groups in total. The molecule has 180 valence electrons. The summed E-state index contributed by atoms with van der Waals surface area (Å²) in [6, 6.07) is 13.8. The predicted molar refractivity (Wildman–Crippen MR) is 132 cm³/mol. The number of carbonyl (C=O) groups is 2. The van der Waals surface area contributed by atoms with Crippen LogP contribution in [-0.2, 0) is 27.1 Å². The number of benzene rings is 2. The van der Waals surface area contributed by atoms with E-state index in [9.17, 15) is 9.59 Å². The van der Waals surface area contributed by atoms with E-state index in [0.717, 1.165) is 49.2 Å². The minimum atomic E-state index is -0.138. The van der Waals surface area contributed by atoms with E-state index in [-0.39, 0.29) is 17.8 Å². The summed E-state index contributed by atoms with van der Waals surface area (Å²) in [4.78, 5) is 26.8. The molecule has 0 aromatic heterocycles. The quantitative estimate of drug-likeness (QED) is 0.463. The van der Waals surface area contributed by atoms with Gasteiger partial charge < -0.3 is 14.4 Å². The number of esters is 1. The van der Waals surface area contributed by atoms with Gasteiger partial charge in [-0.1, -0.05) is 18.2 Å². The Balaban J connectivity index is 1.39. The average Bonchev–Trinajstić information content (AvgIpc) is 2.87. The molecular weight excluding hydrogens is 430 g/mol. The first-order valence-electron chi connectivity index (χ1n) is 12.1. The summed E-state index contributed by atoms with van der Waals surface area (Å²) < 4.78 is 10.5. The lowest BCUT2D eigenvalue weighted by molar-refractivity contribution is -0.144. The molecule has 2 aromatic rings. The van der Waals surface area contributed by atoms with Gasteiger partial charge in [0.2, 0.25) is 0 Å². The van der Waals surface area contributed by atoms with Crippen molar-refractivity contribution in [3.8, 4) is 0 Å². The SMILES string of the molecule is CCOC(=O)CC1CCc2ccc(C(=O)N(C)c3ccc(C=NN4CCOCC4)cc3)cc2C1. The van der Waals surface area contributed by atoms with Gasteiger partial charge in [0.05, 0.1) is 39.1 Å². The highest BCUT2D eigenvalue weighted by atomic mass is 16.5. The van der Waals surface area contributed by atoms with Crippen LogP contribution in [0.4, 0.5) is 5.69 Å². The molecule has 1 amide bonds. The minimum absolute atomic E-state index is 0.0509. The van der Waals surface area contributed by atoms with E-state index in [1.54, 1.807) is 11.9 Å². The second-order valence-electron chi connectivity index (χ2n) is 8.87. The maximum Gasteiger partial charge on any atom is 0.306 e. The summed E-state index contributed by atoms with van der Waals surface area (Å²) in [7, 11) is 1.79. The number of rotatable bonds is 7. The fourth-order valence-electron chi connectivity index (χ4n) is 4.51. The van der Waals surface area contributed by atoms with Gasteiger partial charge in [-0.05, 0) is 73.1 Å². The second-order valence-corrected chi connectivity index (χ2v) is 8.87. The first-order chi connectivity index (χ1) is 16.5. The Labute approximate surface area is 201 Å². The zero-order valence-electron chi connectivity index (χ0n) is 20.0. The number of nitrogens with zero attached hydrogens (tertiary/aromatic N) is 3. The van der Waals surface area contributed by atoms with E-state index in [1.807, 2.05) is 54.5 Å². The lowest BCUT2D eigenvalue weighted by Crippen LogP contribution is -2.32. The highest BCUT2D eigenvalue weighted by Gasteiger charge is 2.23. The topological polar surface area (TPSA) is 71.4 Å².